The molecule has 0 radical (unpaired) electrons. The molecule has 3 rings (SSSR count). The maximum atomic E-state index is 12.2. The second-order valence-corrected chi connectivity index (χ2v) is 7.10. The molecule has 2 aromatic rings. The number of aromatic nitrogens is 1. The van der Waals surface area contributed by atoms with E-state index in [1.807, 2.05) is 30.3 Å². The number of carbonyl (C=O) groups excluding carboxylic acids is 1. The molecule has 118 valence electrons. The van der Waals surface area contributed by atoms with Crippen molar-refractivity contribution in [1.29, 1.82) is 5.26 Å². The summed E-state index contributed by atoms with van der Waals surface area (Å²) in [6, 6.07) is 9.09. The van der Waals surface area contributed by atoms with Gasteiger partial charge in [0.2, 0.25) is 0 Å². The molecule has 1 aliphatic rings. The summed E-state index contributed by atoms with van der Waals surface area (Å²) in [4.78, 5) is 13.7. The van der Waals surface area contributed by atoms with Crippen LogP contribution in [0.4, 0.5) is 9.80 Å². The van der Waals surface area contributed by atoms with E-state index < -0.39 is 5.60 Å². The number of carbonyl (C=O) groups is 1. The third-order valence-electron chi connectivity index (χ3n) is 3.75. The van der Waals surface area contributed by atoms with Crippen molar-refractivity contribution in [2.24, 2.45) is 0 Å². The lowest BCUT2D eigenvalue weighted by molar-refractivity contribution is -0.0793. The van der Waals surface area contributed by atoms with Crippen molar-refractivity contribution in [3.05, 3.63) is 45.6 Å². The van der Waals surface area contributed by atoms with Crippen LogP contribution in [-0.4, -0.2) is 33.5 Å². The highest BCUT2D eigenvalue weighted by molar-refractivity contribution is 9.10. The summed E-state index contributed by atoms with van der Waals surface area (Å²) < 4.78 is 4.94. The fraction of sp³-hybridized carbons (Fsp3) is 0.267. The number of benzene rings is 1. The van der Waals surface area contributed by atoms with Gasteiger partial charge >= 0.3 is 6.03 Å². The fourth-order valence-corrected chi connectivity index (χ4v) is 3.59. The van der Waals surface area contributed by atoms with E-state index in [9.17, 15) is 9.90 Å². The average Bonchev–Trinajstić information content (AvgIpc) is 2.83. The molecule has 0 aliphatic carbocycles. The molecule has 1 aromatic heterocycles. The van der Waals surface area contributed by atoms with Gasteiger partial charge in [0.25, 0.3) is 0 Å². The predicted molar refractivity (Wildman–Crippen MR) is 90.2 cm³/mol. The van der Waals surface area contributed by atoms with E-state index >= 15 is 0 Å². The zero-order valence-corrected chi connectivity index (χ0v) is 14.6. The monoisotopic (exact) mass is 392 g/mol. The topological polar surface area (TPSA) is 89.2 Å². The number of aliphatic hydroxyl groups is 1. The van der Waals surface area contributed by atoms with Crippen molar-refractivity contribution in [3.63, 3.8) is 0 Å². The summed E-state index contributed by atoms with van der Waals surface area (Å²) in [5, 5.41) is 22.8. The highest BCUT2D eigenvalue weighted by Crippen LogP contribution is 2.34. The Morgan fingerprint density at radius 1 is 1.57 bits per heavy atom. The summed E-state index contributed by atoms with van der Waals surface area (Å²) in [5.74, 6) is 0. The number of nitrogens with zero attached hydrogens (tertiary/aromatic N) is 3. The lowest BCUT2D eigenvalue weighted by Crippen LogP contribution is -2.62. The number of rotatable bonds is 2. The maximum absolute atomic E-state index is 12.2. The van der Waals surface area contributed by atoms with Crippen LogP contribution in [0.1, 0.15) is 16.8 Å². The van der Waals surface area contributed by atoms with Gasteiger partial charge in [0.05, 0.1) is 18.8 Å². The van der Waals surface area contributed by atoms with Crippen LogP contribution in [0.5, 0.6) is 0 Å². The lowest BCUT2D eigenvalue weighted by Gasteiger charge is -2.46. The van der Waals surface area contributed by atoms with E-state index in [2.05, 4.69) is 25.6 Å². The molecule has 1 aliphatic heterocycles. The molecule has 23 heavy (non-hydrogen) atoms. The first kappa shape index (κ1) is 15.9. The fourth-order valence-electron chi connectivity index (χ4n) is 2.45. The molecule has 6 nitrogen and oxygen atoms in total. The second-order valence-electron chi connectivity index (χ2n) is 5.41. The van der Waals surface area contributed by atoms with Crippen LogP contribution >= 0.6 is 27.5 Å². The Morgan fingerprint density at radius 3 is 2.96 bits per heavy atom. The Morgan fingerprint density at radius 2 is 2.30 bits per heavy atom. The molecule has 2 heterocycles. The van der Waals surface area contributed by atoms with E-state index in [1.54, 1.807) is 6.92 Å². The number of hydrogen-bond acceptors (Lipinski definition) is 5. The summed E-state index contributed by atoms with van der Waals surface area (Å²) in [6.45, 7) is 2.13. The van der Waals surface area contributed by atoms with Crippen LogP contribution in [0.15, 0.2) is 28.7 Å². The number of nitrogens with one attached hydrogen (secondary N) is 1. The maximum Gasteiger partial charge on any atom is 0.322 e. The number of nitriles is 1. The van der Waals surface area contributed by atoms with Crippen LogP contribution in [0.2, 0.25) is 0 Å². The van der Waals surface area contributed by atoms with Gasteiger partial charge in [-0.1, -0.05) is 28.1 Å². The second kappa shape index (κ2) is 5.92. The van der Waals surface area contributed by atoms with Crippen molar-refractivity contribution in [1.82, 2.24) is 9.27 Å². The van der Waals surface area contributed by atoms with Gasteiger partial charge < -0.3 is 10.0 Å². The Bertz CT molecular complexity index is 808. The minimum atomic E-state index is -1.04. The molecule has 2 amide bonds. The molecule has 0 spiro atoms. The first-order valence-electron chi connectivity index (χ1n) is 6.84. The van der Waals surface area contributed by atoms with Crippen LogP contribution in [0.3, 0.4) is 0 Å². The molecule has 0 unspecified atom stereocenters. The van der Waals surface area contributed by atoms with E-state index in [0.29, 0.717) is 16.3 Å². The zero-order chi connectivity index (χ0) is 16.6. The standard InChI is InChI=1S/C15H13BrN4O2S/c1-9-12(6-17)13(23-19-9)18-14(21)20-7-15(22,8-20)10-3-2-4-11(16)5-10/h2-5,22H,7-8H2,1H3,(H,18,21). The van der Waals surface area contributed by atoms with Crippen LogP contribution in [-0.2, 0) is 5.60 Å². The quantitative estimate of drug-likeness (QED) is 0.821. The SMILES string of the molecule is Cc1nsc(NC(=O)N2CC(O)(c3cccc(Br)c3)C2)c1C#N. The number of β-amino-alcohol motifs (C(OH)–C–C–N with tert-alkyl or cyclic N) is 1. The van der Waals surface area contributed by atoms with E-state index in [4.69, 9.17) is 5.26 Å². The normalized spacial score (nSPS) is 15.7. The summed E-state index contributed by atoms with van der Waals surface area (Å²) in [6.07, 6.45) is 0. The van der Waals surface area contributed by atoms with E-state index in [1.165, 1.54) is 4.90 Å². The zero-order valence-electron chi connectivity index (χ0n) is 12.2. The van der Waals surface area contributed by atoms with Gasteiger partial charge in [-0.2, -0.15) is 9.64 Å². The van der Waals surface area contributed by atoms with Crippen molar-refractivity contribution in [2.75, 3.05) is 18.4 Å². The Kier molecular flexibility index (Phi) is 4.10. The van der Waals surface area contributed by atoms with Gasteiger partial charge in [0.15, 0.2) is 0 Å². The Hall–Kier alpha value is -1.95. The first-order chi connectivity index (χ1) is 10.9. The van der Waals surface area contributed by atoms with Gasteiger partial charge in [-0.15, -0.1) is 0 Å². The molecule has 1 fully saturated rings. The molecular weight excluding hydrogens is 380 g/mol. The van der Waals surface area contributed by atoms with E-state index in [-0.39, 0.29) is 19.1 Å². The summed E-state index contributed by atoms with van der Waals surface area (Å²) in [7, 11) is 0. The summed E-state index contributed by atoms with van der Waals surface area (Å²) >= 11 is 4.45. The molecule has 2 N–H and O–H groups in total. The van der Waals surface area contributed by atoms with Crippen molar-refractivity contribution >= 4 is 38.5 Å². The molecule has 1 aromatic carbocycles. The Balaban J connectivity index is 1.67. The van der Waals surface area contributed by atoms with Gasteiger partial charge in [0, 0.05) is 4.47 Å². The summed E-state index contributed by atoms with van der Waals surface area (Å²) in [5.41, 5.74) is 0.707. The number of urea groups is 1. The van der Waals surface area contributed by atoms with Crippen molar-refractivity contribution in [3.8, 4) is 6.07 Å². The van der Waals surface area contributed by atoms with Crippen LogP contribution < -0.4 is 5.32 Å². The van der Waals surface area contributed by atoms with Crippen LogP contribution in [0.25, 0.3) is 0 Å². The third-order valence-corrected chi connectivity index (χ3v) is 5.10. The molecule has 8 heteroatoms. The minimum absolute atomic E-state index is 0.203. The predicted octanol–water partition coefficient (Wildman–Crippen LogP) is 2.82. The number of amides is 2. The minimum Gasteiger partial charge on any atom is -0.381 e. The van der Waals surface area contributed by atoms with Gasteiger partial charge in [-0.3, -0.25) is 5.32 Å². The number of halogens is 1. The Labute approximate surface area is 145 Å². The van der Waals surface area contributed by atoms with Gasteiger partial charge in [-0.05, 0) is 36.2 Å². The number of hydrogen-bond donors (Lipinski definition) is 2. The van der Waals surface area contributed by atoms with Gasteiger partial charge in [-0.25, -0.2) is 4.79 Å². The molecule has 1 saturated heterocycles. The average molecular weight is 393 g/mol. The van der Waals surface area contributed by atoms with Crippen LogP contribution in [0, 0.1) is 18.3 Å². The van der Waals surface area contributed by atoms with Crippen molar-refractivity contribution in [2.45, 2.75) is 12.5 Å². The molecular formula is C15H13BrN4O2S. The molecule has 0 saturated carbocycles. The van der Waals surface area contributed by atoms with Crippen molar-refractivity contribution < 1.29 is 9.90 Å². The van der Waals surface area contributed by atoms with E-state index in [0.717, 1.165) is 21.6 Å². The first-order valence-corrected chi connectivity index (χ1v) is 8.40. The smallest absolute Gasteiger partial charge is 0.322 e. The number of likely N-dealkylation sites (tertiary alicyclic amines) is 1. The number of anilines is 1. The number of aryl methyl sites for hydroxylation is 1. The molecule has 0 bridgehead atoms. The lowest BCUT2D eigenvalue weighted by atomic mass is 9.86. The largest absolute Gasteiger partial charge is 0.381 e. The third kappa shape index (κ3) is 2.95. The van der Waals surface area contributed by atoms with Gasteiger partial charge in [0.1, 0.15) is 22.2 Å². The molecule has 0 atom stereocenters. The highest BCUT2D eigenvalue weighted by atomic mass is 79.9. The highest BCUT2D eigenvalue weighted by Gasteiger charge is 2.45.